The molecule has 1 aliphatic heterocycles. The fourth-order valence-electron chi connectivity index (χ4n) is 3.27. The van der Waals surface area contributed by atoms with Crippen molar-refractivity contribution in [2.75, 3.05) is 28.6 Å². The summed E-state index contributed by atoms with van der Waals surface area (Å²) in [4.78, 5) is 30.4. The molecule has 0 aliphatic carbocycles. The highest BCUT2D eigenvalue weighted by Gasteiger charge is 2.30. The van der Waals surface area contributed by atoms with Crippen LogP contribution in [0.3, 0.4) is 0 Å². The van der Waals surface area contributed by atoms with Gasteiger partial charge in [0.25, 0.3) is 5.91 Å². The number of benzene rings is 2. The van der Waals surface area contributed by atoms with Gasteiger partial charge < -0.3 is 16.0 Å². The second kappa shape index (κ2) is 8.58. The molecule has 164 valence electrons. The molecule has 4 rings (SSSR count). The Morgan fingerprint density at radius 1 is 1.03 bits per heavy atom. The van der Waals surface area contributed by atoms with Gasteiger partial charge in [0.1, 0.15) is 5.82 Å². The van der Waals surface area contributed by atoms with Crippen LogP contribution in [0.15, 0.2) is 66.9 Å². The molecular weight excluding hydrogens is 423 g/mol. The van der Waals surface area contributed by atoms with E-state index in [2.05, 4.69) is 20.9 Å². The molecule has 0 bridgehead atoms. The van der Waals surface area contributed by atoms with E-state index >= 15 is 0 Å². The molecule has 0 saturated carbocycles. The molecule has 7 nitrogen and oxygen atoms in total. The maximum Gasteiger partial charge on any atom is 0.416 e. The minimum Gasteiger partial charge on any atom is -0.340 e. The first kappa shape index (κ1) is 21.2. The third-order valence-corrected chi connectivity index (χ3v) is 4.78. The van der Waals surface area contributed by atoms with Crippen LogP contribution in [-0.2, 0) is 6.18 Å². The molecule has 10 heteroatoms. The summed E-state index contributed by atoms with van der Waals surface area (Å²) in [6, 6.07) is 14.3. The van der Waals surface area contributed by atoms with E-state index in [1.165, 1.54) is 24.4 Å². The lowest BCUT2D eigenvalue weighted by atomic mass is 10.1. The number of rotatable bonds is 5. The lowest BCUT2D eigenvalue weighted by Crippen LogP contribution is -2.27. The number of amides is 3. The van der Waals surface area contributed by atoms with Crippen LogP contribution in [-0.4, -0.2) is 30.0 Å². The number of nitrogens with zero attached hydrogens (tertiary/aromatic N) is 2. The van der Waals surface area contributed by atoms with Gasteiger partial charge in [0.05, 0.1) is 11.1 Å². The zero-order valence-electron chi connectivity index (χ0n) is 16.6. The Kier molecular flexibility index (Phi) is 5.67. The molecule has 2 aromatic carbocycles. The first-order chi connectivity index (χ1) is 15.3. The fraction of sp³-hybridized carbons (Fsp3) is 0.136. The highest BCUT2D eigenvalue weighted by atomic mass is 19.4. The lowest BCUT2D eigenvalue weighted by molar-refractivity contribution is -0.137. The molecule has 0 atom stereocenters. The van der Waals surface area contributed by atoms with Gasteiger partial charge in [-0.25, -0.2) is 9.78 Å². The van der Waals surface area contributed by atoms with Crippen LogP contribution in [0.2, 0.25) is 0 Å². The Morgan fingerprint density at radius 2 is 1.81 bits per heavy atom. The Labute approximate surface area is 181 Å². The van der Waals surface area contributed by atoms with Crippen molar-refractivity contribution in [3.63, 3.8) is 0 Å². The van der Waals surface area contributed by atoms with Crippen LogP contribution in [0, 0.1) is 0 Å². The Morgan fingerprint density at radius 3 is 2.56 bits per heavy atom. The van der Waals surface area contributed by atoms with E-state index in [0.29, 0.717) is 24.5 Å². The van der Waals surface area contributed by atoms with Gasteiger partial charge in [-0.1, -0.05) is 12.1 Å². The van der Waals surface area contributed by atoms with Gasteiger partial charge in [-0.15, -0.1) is 0 Å². The van der Waals surface area contributed by atoms with Crippen molar-refractivity contribution in [2.24, 2.45) is 0 Å². The monoisotopic (exact) mass is 441 g/mol. The maximum atomic E-state index is 13.0. The van der Waals surface area contributed by atoms with E-state index in [1.807, 2.05) is 0 Å². The van der Waals surface area contributed by atoms with Gasteiger partial charge in [0.2, 0.25) is 0 Å². The van der Waals surface area contributed by atoms with Crippen LogP contribution in [0.4, 0.5) is 40.8 Å². The number of halogens is 3. The molecule has 0 unspecified atom stereocenters. The van der Waals surface area contributed by atoms with Crippen LogP contribution >= 0.6 is 0 Å². The van der Waals surface area contributed by atoms with E-state index in [4.69, 9.17) is 0 Å². The number of hydrogen-bond acceptors (Lipinski definition) is 4. The van der Waals surface area contributed by atoms with E-state index in [1.54, 1.807) is 35.2 Å². The topological polar surface area (TPSA) is 86.4 Å². The molecule has 3 aromatic rings. The highest BCUT2D eigenvalue weighted by molar-refractivity contribution is 6.08. The maximum absolute atomic E-state index is 13.0. The van der Waals surface area contributed by atoms with E-state index in [0.717, 1.165) is 12.1 Å². The van der Waals surface area contributed by atoms with Crippen molar-refractivity contribution in [3.05, 3.63) is 78.0 Å². The Bertz CT molecular complexity index is 1170. The quantitative estimate of drug-likeness (QED) is 0.539. The highest BCUT2D eigenvalue weighted by Crippen LogP contribution is 2.31. The normalized spacial score (nSPS) is 13.6. The van der Waals surface area contributed by atoms with Gasteiger partial charge in [-0.05, 0) is 48.5 Å². The first-order valence-corrected chi connectivity index (χ1v) is 9.67. The Balaban J connectivity index is 1.54. The van der Waals surface area contributed by atoms with Crippen LogP contribution in [0.25, 0.3) is 0 Å². The summed E-state index contributed by atoms with van der Waals surface area (Å²) in [5, 5.41) is 8.23. The molecular formula is C22H18F3N5O2. The molecule has 3 N–H and O–H groups in total. The zero-order valence-corrected chi connectivity index (χ0v) is 16.6. The van der Waals surface area contributed by atoms with E-state index in [-0.39, 0.29) is 23.1 Å². The number of alkyl halides is 3. The number of urea groups is 1. The van der Waals surface area contributed by atoms with Crippen molar-refractivity contribution in [3.8, 4) is 0 Å². The predicted octanol–water partition coefficient (Wildman–Crippen LogP) is 4.63. The first-order valence-electron chi connectivity index (χ1n) is 9.67. The molecule has 3 amide bonds. The average Bonchev–Trinajstić information content (AvgIpc) is 3.20. The van der Waals surface area contributed by atoms with E-state index in [9.17, 15) is 22.8 Å². The van der Waals surface area contributed by atoms with Gasteiger partial charge in [0.15, 0.2) is 0 Å². The molecule has 1 saturated heterocycles. The number of anilines is 4. The fourth-order valence-corrected chi connectivity index (χ4v) is 3.27. The van der Waals surface area contributed by atoms with Crippen LogP contribution in [0.5, 0.6) is 0 Å². The summed E-state index contributed by atoms with van der Waals surface area (Å²) >= 11 is 0. The molecule has 1 fully saturated rings. The summed E-state index contributed by atoms with van der Waals surface area (Å²) in [7, 11) is 0. The predicted molar refractivity (Wildman–Crippen MR) is 114 cm³/mol. The van der Waals surface area contributed by atoms with Gasteiger partial charge in [-0.3, -0.25) is 9.69 Å². The smallest absolute Gasteiger partial charge is 0.340 e. The number of carbonyl (C=O) groups excluding carboxylic acids is 2. The SMILES string of the molecule is O=C(Nc1cccc(N2CCNC2=O)c1)c1cccnc1Nc1cccc(C(F)(F)F)c1. The molecule has 1 aromatic heterocycles. The molecule has 2 heterocycles. The number of pyridine rings is 1. The summed E-state index contributed by atoms with van der Waals surface area (Å²) < 4.78 is 39.0. The third-order valence-electron chi connectivity index (χ3n) is 4.78. The zero-order chi connectivity index (χ0) is 22.7. The minimum absolute atomic E-state index is 0.111. The van der Waals surface area contributed by atoms with Crippen molar-refractivity contribution in [1.29, 1.82) is 0 Å². The Hall–Kier alpha value is -4.08. The summed E-state index contributed by atoms with van der Waals surface area (Å²) in [5.74, 6) is -0.394. The van der Waals surface area contributed by atoms with Crippen molar-refractivity contribution in [2.45, 2.75) is 6.18 Å². The molecule has 0 radical (unpaired) electrons. The second-order valence-corrected chi connectivity index (χ2v) is 6.99. The second-order valence-electron chi connectivity index (χ2n) is 6.99. The van der Waals surface area contributed by atoms with Gasteiger partial charge in [-0.2, -0.15) is 13.2 Å². The van der Waals surface area contributed by atoms with Crippen LogP contribution in [0.1, 0.15) is 15.9 Å². The van der Waals surface area contributed by atoms with Gasteiger partial charge in [0, 0.05) is 36.3 Å². The summed E-state index contributed by atoms with van der Waals surface area (Å²) in [6.45, 7) is 1.06. The van der Waals surface area contributed by atoms with Crippen molar-refractivity contribution < 1.29 is 22.8 Å². The van der Waals surface area contributed by atoms with Crippen molar-refractivity contribution in [1.82, 2.24) is 10.3 Å². The number of carbonyl (C=O) groups is 2. The van der Waals surface area contributed by atoms with E-state index < -0.39 is 17.6 Å². The minimum atomic E-state index is -4.49. The summed E-state index contributed by atoms with van der Waals surface area (Å²) in [6.07, 6.45) is -3.06. The number of aromatic nitrogens is 1. The summed E-state index contributed by atoms with van der Waals surface area (Å²) in [5.41, 5.74) is 0.573. The standard InChI is InChI=1S/C22H18F3N5O2/c23-22(24,25)14-4-1-5-15(12-14)28-19-18(8-3-9-26-19)20(31)29-16-6-2-7-17(13-16)30-11-10-27-21(30)32/h1-9,12-13H,10-11H2,(H,26,28)(H,27,32)(H,29,31). The lowest BCUT2D eigenvalue weighted by Gasteiger charge is -2.16. The largest absolute Gasteiger partial charge is 0.416 e. The third kappa shape index (κ3) is 4.64. The number of hydrogen-bond donors (Lipinski definition) is 3. The molecule has 32 heavy (non-hydrogen) atoms. The number of nitrogens with one attached hydrogen (secondary N) is 3. The van der Waals surface area contributed by atoms with Crippen molar-refractivity contribution >= 4 is 34.8 Å². The molecule has 1 aliphatic rings. The van der Waals surface area contributed by atoms with Gasteiger partial charge >= 0.3 is 12.2 Å². The van der Waals surface area contributed by atoms with Crippen LogP contribution < -0.4 is 20.9 Å². The average molecular weight is 441 g/mol. The molecule has 0 spiro atoms.